The highest BCUT2D eigenvalue weighted by Gasteiger charge is 2.46. The van der Waals surface area contributed by atoms with E-state index in [1.165, 1.54) is 33.8 Å². The number of rotatable bonds is 4. The summed E-state index contributed by atoms with van der Waals surface area (Å²) >= 11 is 0. The van der Waals surface area contributed by atoms with Crippen LogP contribution in [0.4, 0.5) is 19.0 Å². The summed E-state index contributed by atoms with van der Waals surface area (Å²) in [4.78, 5) is 18.1. The monoisotopic (exact) mass is 389 g/mol. The zero-order chi connectivity index (χ0) is 19.9. The summed E-state index contributed by atoms with van der Waals surface area (Å²) in [5.41, 5.74) is 0.991. The molecule has 0 unspecified atom stereocenters. The molecule has 1 amide bonds. The molecule has 6 nitrogen and oxygen atoms in total. The molecule has 0 saturated carbocycles. The lowest BCUT2D eigenvalue weighted by molar-refractivity contribution is 0.0222. The Morgan fingerprint density at radius 1 is 1.36 bits per heavy atom. The Morgan fingerprint density at radius 3 is 2.93 bits per heavy atom. The number of hydrogen-bond donors (Lipinski definition) is 1. The third-order valence-corrected chi connectivity index (χ3v) is 4.73. The van der Waals surface area contributed by atoms with E-state index in [0.717, 1.165) is 0 Å². The van der Waals surface area contributed by atoms with Crippen molar-refractivity contribution in [3.63, 3.8) is 0 Å². The zero-order valence-corrected chi connectivity index (χ0v) is 15.1. The van der Waals surface area contributed by atoms with Gasteiger partial charge in [0.25, 0.3) is 11.8 Å². The minimum absolute atomic E-state index is 0.261. The van der Waals surface area contributed by atoms with Crippen molar-refractivity contribution in [1.82, 2.24) is 19.9 Å². The first-order chi connectivity index (χ1) is 13.4. The molecule has 1 N–H and O–H groups in total. The molecule has 0 radical (unpaired) electrons. The van der Waals surface area contributed by atoms with Crippen LogP contribution in [0.2, 0.25) is 0 Å². The van der Waals surface area contributed by atoms with E-state index in [-0.39, 0.29) is 22.9 Å². The maximum absolute atomic E-state index is 14.2. The van der Waals surface area contributed by atoms with Gasteiger partial charge in [0.15, 0.2) is 5.65 Å². The fourth-order valence-electron chi connectivity index (χ4n) is 3.50. The highest BCUT2D eigenvalue weighted by Crippen LogP contribution is 2.43. The summed E-state index contributed by atoms with van der Waals surface area (Å²) < 4.78 is 43.5. The Hall–Kier alpha value is -3.10. The van der Waals surface area contributed by atoms with E-state index in [0.29, 0.717) is 12.1 Å². The smallest absolute Gasteiger partial charge is 0.267 e. The number of carbonyl (C=O) groups excluding carboxylic acids is 1. The molecule has 3 aromatic rings. The average molecular weight is 389 g/mol. The fraction of sp³-hybridized carbons (Fsp3) is 0.316. The number of nitrogens with zero attached hydrogens (tertiary/aromatic N) is 4. The number of benzene rings is 1. The van der Waals surface area contributed by atoms with Crippen LogP contribution in [0.5, 0.6) is 0 Å². The van der Waals surface area contributed by atoms with Crippen LogP contribution in [-0.4, -0.2) is 39.5 Å². The average Bonchev–Trinajstić information content (AvgIpc) is 3.22. The lowest BCUT2D eigenvalue weighted by atomic mass is 10.0. The molecular formula is C19H18F3N5O. The summed E-state index contributed by atoms with van der Waals surface area (Å²) in [6.45, 7) is 1.69. The molecule has 4 rings (SSSR count). The van der Waals surface area contributed by atoms with Gasteiger partial charge in [-0.05, 0) is 30.7 Å². The van der Waals surface area contributed by atoms with Crippen molar-refractivity contribution in [3.05, 3.63) is 59.7 Å². The Balaban J connectivity index is 1.76. The molecule has 9 heteroatoms. The standard InChI is InChI=1S/C19H18F3N5O/c1-2-23-18(28)14-10-24-27-7-6-16(25-17(14)27)26-11-19(21,22)9-15(26)12-4-3-5-13(20)8-12/h3-8,10,15H,2,9,11H2,1H3,(H,23,28)/t15-/m1/s1. The lowest BCUT2D eigenvalue weighted by Gasteiger charge is -2.25. The van der Waals surface area contributed by atoms with Crippen molar-refractivity contribution in [1.29, 1.82) is 0 Å². The molecule has 3 heterocycles. The van der Waals surface area contributed by atoms with Gasteiger partial charge < -0.3 is 10.2 Å². The summed E-state index contributed by atoms with van der Waals surface area (Å²) in [5.74, 6) is -3.47. The summed E-state index contributed by atoms with van der Waals surface area (Å²) in [5, 5.41) is 6.76. The van der Waals surface area contributed by atoms with Gasteiger partial charge >= 0.3 is 0 Å². The molecule has 146 valence electrons. The predicted molar refractivity (Wildman–Crippen MR) is 97.0 cm³/mol. The topological polar surface area (TPSA) is 62.5 Å². The largest absolute Gasteiger partial charge is 0.352 e. The van der Waals surface area contributed by atoms with Gasteiger partial charge in [0.05, 0.1) is 18.8 Å². The van der Waals surface area contributed by atoms with Crippen molar-refractivity contribution < 1.29 is 18.0 Å². The van der Waals surface area contributed by atoms with Gasteiger partial charge in [0, 0.05) is 19.2 Å². The third kappa shape index (κ3) is 3.28. The van der Waals surface area contributed by atoms with E-state index in [1.807, 2.05) is 0 Å². The number of aromatic nitrogens is 3. The van der Waals surface area contributed by atoms with E-state index >= 15 is 0 Å². The first-order valence-corrected chi connectivity index (χ1v) is 8.90. The third-order valence-electron chi connectivity index (χ3n) is 4.73. The molecular weight excluding hydrogens is 371 g/mol. The van der Waals surface area contributed by atoms with Crippen molar-refractivity contribution >= 4 is 17.4 Å². The number of nitrogens with one attached hydrogen (secondary N) is 1. The number of amides is 1. The molecule has 1 fully saturated rings. The van der Waals surface area contributed by atoms with Crippen LogP contribution in [0.25, 0.3) is 5.65 Å². The quantitative estimate of drug-likeness (QED) is 0.744. The minimum atomic E-state index is -2.94. The van der Waals surface area contributed by atoms with E-state index in [2.05, 4.69) is 15.4 Å². The second-order valence-corrected chi connectivity index (χ2v) is 6.73. The minimum Gasteiger partial charge on any atom is -0.352 e. The van der Waals surface area contributed by atoms with Gasteiger partial charge in [0.2, 0.25) is 0 Å². The molecule has 28 heavy (non-hydrogen) atoms. The maximum Gasteiger partial charge on any atom is 0.267 e. The summed E-state index contributed by atoms with van der Waals surface area (Å²) in [6, 6.07) is 6.50. The number of anilines is 1. The van der Waals surface area contributed by atoms with E-state index in [4.69, 9.17) is 0 Å². The lowest BCUT2D eigenvalue weighted by Crippen LogP contribution is -2.27. The number of halogens is 3. The second-order valence-electron chi connectivity index (χ2n) is 6.73. The fourth-order valence-corrected chi connectivity index (χ4v) is 3.50. The molecule has 0 aliphatic carbocycles. The number of hydrogen-bond acceptors (Lipinski definition) is 4. The van der Waals surface area contributed by atoms with Gasteiger partial charge in [-0.1, -0.05) is 12.1 Å². The predicted octanol–water partition coefficient (Wildman–Crippen LogP) is 3.20. The normalized spacial score (nSPS) is 18.6. The van der Waals surface area contributed by atoms with E-state index in [1.54, 1.807) is 25.3 Å². The molecule has 1 aliphatic rings. The Kier molecular flexibility index (Phi) is 4.44. The molecule has 1 aromatic carbocycles. The van der Waals surface area contributed by atoms with Gasteiger partial charge in [-0.15, -0.1) is 0 Å². The van der Waals surface area contributed by atoms with Crippen molar-refractivity contribution in [3.8, 4) is 0 Å². The van der Waals surface area contributed by atoms with Crippen molar-refractivity contribution in [2.24, 2.45) is 0 Å². The first-order valence-electron chi connectivity index (χ1n) is 8.90. The van der Waals surface area contributed by atoms with Gasteiger partial charge in [0.1, 0.15) is 17.2 Å². The molecule has 1 saturated heterocycles. The molecule has 1 atom stereocenters. The van der Waals surface area contributed by atoms with Crippen molar-refractivity contribution in [2.45, 2.75) is 25.3 Å². The highest BCUT2D eigenvalue weighted by molar-refractivity contribution is 5.99. The molecule has 0 bridgehead atoms. The number of carbonyl (C=O) groups is 1. The van der Waals surface area contributed by atoms with Crippen LogP contribution in [0.1, 0.15) is 35.3 Å². The number of fused-ring (bicyclic) bond motifs is 1. The van der Waals surface area contributed by atoms with Crippen LogP contribution < -0.4 is 10.2 Å². The zero-order valence-electron chi connectivity index (χ0n) is 15.1. The van der Waals surface area contributed by atoms with Crippen LogP contribution in [0.3, 0.4) is 0 Å². The van der Waals surface area contributed by atoms with Crippen LogP contribution in [-0.2, 0) is 0 Å². The number of alkyl halides is 2. The van der Waals surface area contributed by atoms with Crippen LogP contribution >= 0.6 is 0 Å². The second kappa shape index (κ2) is 6.81. The van der Waals surface area contributed by atoms with E-state index in [9.17, 15) is 18.0 Å². The SMILES string of the molecule is CCNC(=O)c1cnn2ccc(N3CC(F)(F)C[C@@H]3c3cccc(F)c3)nc12. The van der Waals surface area contributed by atoms with E-state index < -0.39 is 30.7 Å². The maximum atomic E-state index is 14.2. The Labute approximate surface area is 159 Å². The molecule has 0 spiro atoms. The summed E-state index contributed by atoms with van der Waals surface area (Å²) in [6.07, 6.45) is 2.52. The van der Waals surface area contributed by atoms with Crippen molar-refractivity contribution in [2.75, 3.05) is 18.0 Å². The highest BCUT2D eigenvalue weighted by atomic mass is 19.3. The van der Waals surface area contributed by atoms with Crippen LogP contribution in [0, 0.1) is 5.82 Å². The molecule has 2 aromatic heterocycles. The van der Waals surface area contributed by atoms with Crippen LogP contribution in [0.15, 0.2) is 42.7 Å². The Morgan fingerprint density at radius 2 is 2.18 bits per heavy atom. The van der Waals surface area contributed by atoms with Gasteiger partial charge in [-0.2, -0.15) is 5.10 Å². The first kappa shape index (κ1) is 18.3. The van der Waals surface area contributed by atoms with Gasteiger partial charge in [-0.3, -0.25) is 4.79 Å². The Bertz CT molecular complexity index is 1040. The summed E-state index contributed by atoms with van der Waals surface area (Å²) in [7, 11) is 0. The van der Waals surface area contributed by atoms with Gasteiger partial charge in [-0.25, -0.2) is 22.7 Å². The molecule has 1 aliphatic heterocycles.